The smallest absolute Gasteiger partial charge is 0.129 e. The molecular weight excluding hydrogens is 267 g/mol. The molecule has 4 heteroatoms. The number of fused-ring (bicyclic) bond motifs is 1. The standard InChI is InChI=1S/C17H17FN2O/c1-11-7-8-14(18)13(9-11)17(21)10-15-12-5-3-4-6-16(12)20(2)19-15/h3-9,17,21H,10H2,1-2H3. The fourth-order valence-electron chi connectivity index (χ4n) is 2.65. The van der Waals surface area contributed by atoms with Crippen LogP contribution in [-0.4, -0.2) is 14.9 Å². The Morgan fingerprint density at radius 3 is 2.81 bits per heavy atom. The minimum absolute atomic E-state index is 0.293. The largest absolute Gasteiger partial charge is 0.388 e. The molecule has 2 aromatic carbocycles. The minimum atomic E-state index is -0.900. The zero-order valence-corrected chi connectivity index (χ0v) is 12.0. The molecule has 0 spiro atoms. The molecule has 0 amide bonds. The second kappa shape index (κ2) is 5.30. The van der Waals surface area contributed by atoms with E-state index in [0.717, 1.165) is 22.2 Å². The van der Waals surface area contributed by atoms with Crippen LogP contribution in [-0.2, 0) is 13.5 Å². The first-order valence-corrected chi connectivity index (χ1v) is 6.91. The van der Waals surface area contributed by atoms with Crippen LogP contribution in [0.2, 0.25) is 0 Å². The van der Waals surface area contributed by atoms with Crippen molar-refractivity contribution in [3.63, 3.8) is 0 Å². The molecule has 0 aliphatic rings. The Morgan fingerprint density at radius 1 is 1.24 bits per heavy atom. The van der Waals surface area contributed by atoms with E-state index in [0.29, 0.717) is 12.0 Å². The molecule has 1 atom stereocenters. The first-order valence-electron chi connectivity index (χ1n) is 6.91. The highest BCUT2D eigenvalue weighted by Crippen LogP contribution is 2.25. The van der Waals surface area contributed by atoms with Crippen LogP contribution >= 0.6 is 0 Å². The van der Waals surface area contributed by atoms with E-state index in [1.807, 2.05) is 38.2 Å². The molecule has 0 aliphatic carbocycles. The highest BCUT2D eigenvalue weighted by molar-refractivity contribution is 5.81. The lowest BCUT2D eigenvalue weighted by atomic mass is 10.0. The lowest BCUT2D eigenvalue weighted by Gasteiger charge is -2.11. The zero-order valence-electron chi connectivity index (χ0n) is 12.0. The van der Waals surface area contributed by atoms with Crippen molar-refractivity contribution in [3.05, 3.63) is 65.1 Å². The van der Waals surface area contributed by atoms with Crippen LogP contribution in [0.1, 0.15) is 22.9 Å². The van der Waals surface area contributed by atoms with E-state index in [4.69, 9.17) is 0 Å². The SMILES string of the molecule is Cc1ccc(F)c(C(O)Cc2nn(C)c3ccccc23)c1. The summed E-state index contributed by atoms with van der Waals surface area (Å²) in [5.74, 6) is -0.381. The second-order valence-corrected chi connectivity index (χ2v) is 5.33. The van der Waals surface area contributed by atoms with Crippen molar-refractivity contribution in [3.8, 4) is 0 Å². The number of halogens is 1. The van der Waals surface area contributed by atoms with Gasteiger partial charge in [-0.25, -0.2) is 4.39 Å². The summed E-state index contributed by atoms with van der Waals surface area (Å²) in [6.07, 6.45) is -0.606. The highest BCUT2D eigenvalue weighted by Gasteiger charge is 2.17. The molecule has 3 nitrogen and oxygen atoms in total. The average Bonchev–Trinajstić information content (AvgIpc) is 2.78. The molecule has 0 saturated heterocycles. The van der Waals surface area contributed by atoms with Gasteiger partial charge in [-0.3, -0.25) is 4.68 Å². The van der Waals surface area contributed by atoms with E-state index in [1.54, 1.807) is 16.8 Å². The third-order valence-electron chi connectivity index (χ3n) is 3.73. The van der Waals surface area contributed by atoms with Crippen LogP contribution in [0.25, 0.3) is 10.9 Å². The molecule has 0 radical (unpaired) electrons. The first-order chi connectivity index (χ1) is 10.1. The Kier molecular flexibility index (Phi) is 3.47. The van der Waals surface area contributed by atoms with Gasteiger partial charge in [0.25, 0.3) is 0 Å². The van der Waals surface area contributed by atoms with E-state index in [9.17, 15) is 9.50 Å². The minimum Gasteiger partial charge on any atom is -0.388 e. The average molecular weight is 284 g/mol. The Balaban J connectivity index is 1.96. The van der Waals surface area contributed by atoms with Gasteiger partial charge in [-0.1, -0.05) is 35.9 Å². The maximum absolute atomic E-state index is 13.9. The summed E-state index contributed by atoms with van der Waals surface area (Å²) >= 11 is 0. The summed E-state index contributed by atoms with van der Waals surface area (Å²) in [6.45, 7) is 1.88. The van der Waals surface area contributed by atoms with E-state index < -0.39 is 6.10 Å². The summed E-state index contributed by atoms with van der Waals surface area (Å²) in [5.41, 5.74) is 3.03. The molecule has 21 heavy (non-hydrogen) atoms. The summed E-state index contributed by atoms with van der Waals surface area (Å²) in [5, 5.41) is 15.8. The molecule has 1 unspecified atom stereocenters. The molecular formula is C17H17FN2O. The molecule has 3 rings (SSSR count). The van der Waals surface area contributed by atoms with E-state index in [1.165, 1.54) is 6.07 Å². The number of nitrogens with zero attached hydrogens (tertiary/aromatic N) is 2. The van der Waals surface area contributed by atoms with Gasteiger partial charge in [0.05, 0.1) is 17.3 Å². The van der Waals surface area contributed by atoms with Crippen LogP contribution in [0.15, 0.2) is 42.5 Å². The molecule has 0 aliphatic heterocycles. The van der Waals surface area contributed by atoms with Crippen molar-refractivity contribution in [2.45, 2.75) is 19.4 Å². The predicted octanol–water partition coefficient (Wildman–Crippen LogP) is 3.30. The Bertz CT molecular complexity index is 795. The lowest BCUT2D eigenvalue weighted by molar-refractivity contribution is 0.172. The third kappa shape index (κ3) is 2.54. The van der Waals surface area contributed by atoms with E-state index in [-0.39, 0.29) is 5.82 Å². The highest BCUT2D eigenvalue weighted by atomic mass is 19.1. The summed E-state index contributed by atoms with van der Waals surface area (Å²) in [4.78, 5) is 0. The van der Waals surface area contributed by atoms with Crippen LogP contribution in [0.3, 0.4) is 0 Å². The number of rotatable bonds is 3. The van der Waals surface area contributed by atoms with Crippen molar-refractivity contribution in [2.24, 2.45) is 7.05 Å². The van der Waals surface area contributed by atoms with Gasteiger partial charge in [-0.2, -0.15) is 5.10 Å². The normalized spacial score (nSPS) is 12.8. The van der Waals surface area contributed by atoms with Gasteiger partial charge in [0.2, 0.25) is 0 Å². The zero-order chi connectivity index (χ0) is 15.0. The van der Waals surface area contributed by atoms with Crippen molar-refractivity contribution in [2.75, 3.05) is 0 Å². The van der Waals surface area contributed by atoms with Crippen LogP contribution in [0.5, 0.6) is 0 Å². The molecule has 1 N–H and O–H groups in total. The second-order valence-electron chi connectivity index (χ2n) is 5.33. The number of aromatic nitrogens is 2. The van der Waals surface area contributed by atoms with Crippen molar-refractivity contribution < 1.29 is 9.50 Å². The quantitative estimate of drug-likeness (QED) is 0.801. The molecule has 0 bridgehead atoms. The molecule has 3 aromatic rings. The molecule has 1 aromatic heterocycles. The number of para-hydroxylation sites is 1. The third-order valence-corrected chi connectivity index (χ3v) is 3.73. The number of hydrogen-bond donors (Lipinski definition) is 1. The fraction of sp³-hybridized carbons (Fsp3) is 0.235. The van der Waals surface area contributed by atoms with Gasteiger partial charge in [-0.15, -0.1) is 0 Å². The predicted molar refractivity (Wildman–Crippen MR) is 80.5 cm³/mol. The van der Waals surface area contributed by atoms with Crippen molar-refractivity contribution in [1.82, 2.24) is 9.78 Å². The topological polar surface area (TPSA) is 38.1 Å². The van der Waals surface area contributed by atoms with Gasteiger partial charge in [0.1, 0.15) is 5.82 Å². The molecule has 1 heterocycles. The van der Waals surface area contributed by atoms with Gasteiger partial charge in [0.15, 0.2) is 0 Å². The molecule has 0 saturated carbocycles. The van der Waals surface area contributed by atoms with Crippen LogP contribution in [0, 0.1) is 12.7 Å². The summed E-state index contributed by atoms with van der Waals surface area (Å²) in [7, 11) is 1.87. The maximum atomic E-state index is 13.9. The Hall–Kier alpha value is -2.20. The Morgan fingerprint density at radius 2 is 2.00 bits per heavy atom. The maximum Gasteiger partial charge on any atom is 0.129 e. The summed E-state index contributed by atoms with van der Waals surface area (Å²) in [6, 6.07) is 12.6. The van der Waals surface area contributed by atoms with Gasteiger partial charge in [-0.05, 0) is 19.1 Å². The van der Waals surface area contributed by atoms with Gasteiger partial charge in [0, 0.05) is 24.4 Å². The van der Waals surface area contributed by atoms with E-state index >= 15 is 0 Å². The number of benzene rings is 2. The van der Waals surface area contributed by atoms with Gasteiger partial charge >= 0.3 is 0 Å². The van der Waals surface area contributed by atoms with E-state index in [2.05, 4.69) is 5.10 Å². The van der Waals surface area contributed by atoms with Gasteiger partial charge < -0.3 is 5.11 Å². The lowest BCUT2D eigenvalue weighted by Crippen LogP contribution is -2.06. The fourth-order valence-corrected chi connectivity index (χ4v) is 2.65. The van der Waals surface area contributed by atoms with Crippen molar-refractivity contribution >= 4 is 10.9 Å². The summed E-state index contributed by atoms with van der Waals surface area (Å²) < 4.78 is 15.6. The molecule has 108 valence electrons. The Labute approximate surface area is 122 Å². The first kappa shape index (κ1) is 13.8. The number of aryl methyl sites for hydroxylation is 2. The molecule has 0 fully saturated rings. The van der Waals surface area contributed by atoms with Crippen molar-refractivity contribution in [1.29, 1.82) is 0 Å². The number of aliphatic hydroxyl groups is 1. The number of hydrogen-bond acceptors (Lipinski definition) is 2. The van der Waals surface area contributed by atoms with Crippen LogP contribution < -0.4 is 0 Å². The van der Waals surface area contributed by atoms with Crippen LogP contribution in [0.4, 0.5) is 4.39 Å². The number of aliphatic hydroxyl groups excluding tert-OH is 1. The monoisotopic (exact) mass is 284 g/mol.